The van der Waals surface area contributed by atoms with Crippen molar-refractivity contribution < 1.29 is 23.8 Å². The van der Waals surface area contributed by atoms with Crippen LogP contribution in [-0.4, -0.2) is 25.9 Å². The number of hydrogen-bond donors (Lipinski definition) is 1. The van der Waals surface area contributed by atoms with Gasteiger partial charge in [-0.1, -0.05) is 18.2 Å². The molecular weight excluding hydrogens is 382 g/mol. The van der Waals surface area contributed by atoms with Gasteiger partial charge in [-0.25, -0.2) is 0 Å². The van der Waals surface area contributed by atoms with Crippen molar-refractivity contribution in [1.82, 2.24) is 0 Å². The summed E-state index contributed by atoms with van der Waals surface area (Å²) >= 11 is 0. The van der Waals surface area contributed by atoms with Gasteiger partial charge in [-0.3, -0.25) is 9.59 Å². The van der Waals surface area contributed by atoms with Crippen LogP contribution in [-0.2, 0) is 6.61 Å². The Kier molecular flexibility index (Phi) is 6.70. The summed E-state index contributed by atoms with van der Waals surface area (Å²) in [5, 5.41) is 2.82. The van der Waals surface area contributed by atoms with E-state index in [0.717, 1.165) is 5.56 Å². The van der Waals surface area contributed by atoms with Crippen LogP contribution < -0.4 is 19.5 Å². The highest BCUT2D eigenvalue weighted by Gasteiger charge is 2.12. The Morgan fingerprint density at radius 3 is 2.33 bits per heavy atom. The summed E-state index contributed by atoms with van der Waals surface area (Å²) in [6.45, 7) is 1.70. The number of anilines is 1. The van der Waals surface area contributed by atoms with Gasteiger partial charge in [0.25, 0.3) is 5.91 Å². The van der Waals surface area contributed by atoms with Crippen molar-refractivity contribution in [1.29, 1.82) is 0 Å². The summed E-state index contributed by atoms with van der Waals surface area (Å²) in [7, 11) is 3.16. The number of methoxy groups -OCH3 is 2. The van der Waals surface area contributed by atoms with Gasteiger partial charge in [-0.15, -0.1) is 0 Å². The number of ketones is 1. The summed E-state index contributed by atoms with van der Waals surface area (Å²) in [6.07, 6.45) is 0. The van der Waals surface area contributed by atoms with Crippen molar-refractivity contribution >= 4 is 17.4 Å². The summed E-state index contributed by atoms with van der Waals surface area (Å²) in [5.74, 6) is 1.61. The number of rotatable bonds is 8. The molecule has 6 heteroatoms. The van der Waals surface area contributed by atoms with Gasteiger partial charge in [0.15, 0.2) is 5.78 Å². The predicted octanol–water partition coefficient (Wildman–Crippen LogP) is 4.74. The fourth-order valence-electron chi connectivity index (χ4n) is 2.90. The highest BCUT2D eigenvalue weighted by Crippen LogP contribution is 2.25. The van der Waals surface area contributed by atoms with Crippen LogP contribution in [0.1, 0.15) is 33.2 Å². The van der Waals surface area contributed by atoms with Crippen LogP contribution in [0.5, 0.6) is 17.2 Å². The van der Waals surface area contributed by atoms with Gasteiger partial charge in [0.05, 0.1) is 14.2 Å². The normalized spacial score (nSPS) is 10.2. The molecule has 0 bridgehead atoms. The molecule has 0 radical (unpaired) electrons. The van der Waals surface area contributed by atoms with Crippen LogP contribution in [0.15, 0.2) is 66.7 Å². The van der Waals surface area contributed by atoms with E-state index in [2.05, 4.69) is 5.32 Å². The lowest BCUT2D eigenvalue weighted by Gasteiger charge is -2.13. The van der Waals surface area contributed by atoms with E-state index < -0.39 is 0 Å². The topological polar surface area (TPSA) is 73.9 Å². The van der Waals surface area contributed by atoms with E-state index in [1.165, 1.54) is 6.92 Å². The molecule has 0 saturated heterocycles. The molecule has 0 spiro atoms. The second-order valence-electron chi connectivity index (χ2n) is 6.59. The van der Waals surface area contributed by atoms with Crippen LogP contribution in [0.3, 0.4) is 0 Å². The molecule has 0 aliphatic carbocycles. The van der Waals surface area contributed by atoms with Crippen LogP contribution in [0.2, 0.25) is 0 Å². The lowest BCUT2D eigenvalue weighted by Crippen LogP contribution is -2.13. The first-order chi connectivity index (χ1) is 14.5. The smallest absolute Gasteiger partial charge is 0.255 e. The molecule has 0 fully saturated rings. The molecule has 3 aromatic carbocycles. The Bertz CT molecular complexity index is 1060. The minimum atomic E-state index is -0.291. The number of nitrogens with one attached hydrogen (secondary N) is 1. The third-order valence-electron chi connectivity index (χ3n) is 4.51. The zero-order valence-electron chi connectivity index (χ0n) is 17.1. The monoisotopic (exact) mass is 405 g/mol. The molecule has 3 rings (SSSR count). The van der Waals surface area contributed by atoms with E-state index in [0.29, 0.717) is 34.1 Å². The number of carbonyl (C=O) groups is 2. The number of Topliss-reactive ketones (excluding diaryl/α,β-unsaturated/α-hetero) is 1. The maximum Gasteiger partial charge on any atom is 0.255 e. The Morgan fingerprint density at radius 2 is 1.60 bits per heavy atom. The molecule has 30 heavy (non-hydrogen) atoms. The molecule has 0 atom stereocenters. The van der Waals surface area contributed by atoms with Gasteiger partial charge in [-0.2, -0.15) is 0 Å². The molecule has 0 aliphatic heterocycles. The van der Waals surface area contributed by atoms with Crippen molar-refractivity contribution in [2.24, 2.45) is 0 Å². The van der Waals surface area contributed by atoms with E-state index >= 15 is 0 Å². The molecule has 1 N–H and O–H groups in total. The molecule has 0 aliphatic rings. The standard InChI is InChI=1S/C24H23NO5/c1-16(26)17-6-4-7-20(13-17)25-24(27)18-10-11-23(29-3)19(12-18)15-30-22-9-5-8-21(14-22)28-2/h4-14H,15H2,1-3H3,(H,25,27). The average molecular weight is 405 g/mol. The van der Waals surface area contributed by atoms with Crippen LogP contribution in [0.25, 0.3) is 0 Å². The minimum absolute atomic E-state index is 0.0625. The predicted molar refractivity (Wildman–Crippen MR) is 115 cm³/mol. The molecule has 0 saturated carbocycles. The number of hydrogen-bond acceptors (Lipinski definition) is 5. The van der Waals surface area contributed by atoms with Crippen LogP contribution in [0.4, 0.5) is 5.69 Å². The SMILES string of the molecule is COc1cccc(OCc2cc(C(=O)Nc3cccc(C(C)=O)c3)ccc2OC)c1. The van der Waals surface area contributed by atoms with Crippen molar-refractivity contribution in [3.05, 3.63) is 83.4 Å². The van der Waals surface area contributed by atoms with E-state index in [1.807, 2.05) is 18.2 Å². The molecule has 6 nitrogen and oxygen atoms in total. The molecule has 0 unspecified atom stereocenters. The lowest BCUT2D eigenvalue weighted by atomic mass is 10.1. The Hall–Kier alpha value is -3.80. The molecule has 0 heterocycles. The van der Waals surface area contributed by atoms with Crippen LogP contribution in [0, 0.1) is 0 Å². The zero-order chi connectivity index (χ0) is 21.5. The Labute approximate surface area is 175 Å². The maximum absolute atomic E-state index is 12.7. The second kappa shape index (κ2) is 9.60. The van der Waals surface area contributed by atoms with Crippen molar-refractivity contribution in [3.63, 3.8) is 0 Å². The van der Waals surface area contributed by atoms with Gasteiger partial charge < -0.3 is 19.5 Å². The largest absolute Gasteiger partial charge is 0.497 e. The van der Waals surface area contributed by atoms with E-state index in [4.69, 9.17) is 14.2 Å². The zero-order valence-corrected chi connectivity index (χ0v) is 17.1. The van der Waals surface area contributed by atoms with Gasteiger partial charge in [-0.05, 0) is 49.4 Å². The first-order valence-electron chi connectivity index (χ1n) is 9.36. The van der Waals surface area contributed by atoms with Gasteiger partial charge >= 0.3 is 0 Å². The first-order valence-corrected chi connectivity index (χ1v) is 9.36. The maximum atomic E-state index is 12.7. The lowest BCUT2D eigenvalue weighted by molar-refractivity contribution is 0.101. The Morgan fingerprint density at radius 1 is 0.833 bits per heavy atom. The second-order valence-corrected chi connectivity index (χ2v) is 6.59. The fraction of sp³-hybridized carbons (Fsp3) is 0.167. The third kappa shape index (κ3) is 5.17. The molecule has 0 aromatic heterocycles. The molecular formula is C24H23NO5. The summed E-state index contributed by atoms with van der Waals surface area (Å²) < 4.78 is 16.4. The first kappa shape index (κ1) is 20.9. The highest BCUT2D eigenvalue weighted by atomic mass is 16.5. The summed E-state index contributed by atoms with van der Waals surface area (Å²) in [4.78, 5) is 24.3. The Balaban J connectivity index is 1.76. The average Bonchev–Trinajstić information content (AvgIpc) is 2.77. The summed E-state index contributed by atoms with van der Waals surface area (Å²) in [6, 6.07) is 19.2. The van der Waals surface area contributed by atoms with E-state index in [9.17, 15) is 9.59 Å². The van der Waals surface area contributed by atoms with Crippen molar-refractivity contribution in [2.45, 2.75) is 13.5 Å². The van der Waals surface area contributed by atoms with Crippen molar-refractivity contribution in [2.75, 3.05) is 19.5 Å². The number of amides is 1. The number of benzene rings is 3. The number of ether oxygens (including phenoxy) is 3. The fourth-order valence-corrected chi connectivity index (χ4v) is 2.90. The van der Waals surface area contributed by atoms with E-state index in [-0.39, 0.29) is 18.3 Å². The van der Waals surface area contributed by atoms with E-state index in [1.54, 1.807) is 62.8 Å². The molecule has 154 valence electrons. The third-order valence-corrected chi connectivity index (χ3v) is 4.51. The molecule has 3 aromatic rings. The number of carbonyl (C=O) groups excluding carboxylic acids is 2. The van der Waals surface area contributed by atoms with Gasteiger partial charge in [0, 0.05) is 28.4 Å². The van der Waals surface area contributed by atoms with Gasteiger partial charge in [0.1, 0.15) is 23.9 Å². The minimum Gasteiger partial charge on any atom is -0.497 e. The quantitative estimate of drug-likeness (QED) is 0.548. The highest BCUT2D eigenvalue weighted by molar-refractivity contribution is 6.05. The summed E-state index contributed by atoms with van der Waals surface area (Å²) in [5.41, 5.74) is 2.27. The van der Waals surface area contributed by atoms with Gasteiger partial charge in [0.2, 0.25) is 0 Å². The van der Waals surface area contributed by atoms with Crippen LogP contribution >= 0.6 is 0 Å². The molecule has 1 amide bonds. The van der Waals surface area contributed by atoms with Crippen molar-refractivity contribution in [3.8, 4) is 17.2 Å².